The normalized spacial score (nSPS) is 20.5. The van der Waals surface area contributed by atoms with Crippen molar-refractivity contribution in [3.63, 3.8) is 0 Å². The van der Waals surface area contributed by atoms with E-state index < -0.39 is 5.67 Å². The van der Waals surface area contributed by atoms with Gasteiger partial charge in [0.1, 0.15) is 0 Å². The van der Waals surface area contributed by atoms with Gasteiger partial charge in [0.25, 0.3) is 5.89 Å². The Bertz CT molecular complexity index is 719. The zero-order valence-corrected chi connectivity index (χ0v) is 14.5. The molecule has 3 heterocycles. The maximum atomic E-state index is 15.5. The number of piperidine rings is 1. The minimum absolute atomic E-state index is 0.0724. The topological polar surface area (TPSA) is 75.4 Å². The van der Waals surface area contributed by atoms with Crippen LogP contribution in [0.5, 0.6) is 0 Å². The number of carbonyl (C=O) groups is 1. The lowest BCUT2D eigenvalue weighted by Crippen LogP contribution is -2.51. The van der Waals surface area contributed by atoms with Crippen LogP contribution in [0.25, 0.3) is 11.4 Å². The standard InChI is InChI=1S/C17H22FN5O2/c1-3-22(4-2)16(24)23-10-6-8-17(18,12-23)15-20-14(21-25-15)13-7-5-9-19-11-13/h5,7,9,11H,3-4,6,8,10,12H2,1-2H3. The van der Waals surface area contributed by atoms with Crippen molar-refractivity contribution < 1.29 is 13.7 Å². The molecule has 0 N–H and O–H groups in total. The van der Waals surface area contributed by atoms with Crippen molar-refractivity contribution in [3.8, 4) is 11.4 Å². The van der Waals surface area contributed by atoms with Crippen LogP contribution in [0.15, 0.2) is 29.0 Å². The summed E-state index contributed by atoms with van der Waals surface area (Å²) in [6.45, 7) is 5.47. The highest BCUT2D eigenvalue weighted by Crippen LogP contribution is 2.35. The molecule has 2 amide bonds. The Labute approximate surface area is 145 Å². The Hall–Kier alpha value is -2.51. The van der Waals surface area contributed by atoms with Crippen LogP contribution < -0.4 is 0 Å². The zero-order valence-electron chi connectivity index (χ0n) is 14.5. The first-order valence-corrected chi connectivity index (χ1v) is 8.54. The van der Waals surface area contributed by atoms with Gasteiger partial charge in [0.15, 0.2) is 0 Å². The Morgan fingerprint density at radius 3 is 2.92 bits per heavy atom. The molecule has 0 aliphatic carbocycles. The molecule has 134 valence electrons. The van der Waals surface area contributed by atoms with Gasteiger partial charge < -0.3 is 14.3 Å². The summed E-state index contributed by atoms with van der Waals surface area (Å²) in [6.07, 6.45) is 4.04. The third-order valence-electron chi connectivity index (χ3n) is 4.48. The summed E-state index contributed by atoms with van der Waals surface area (Å²) in [5.41, 5.74) is -1.16. The van der Waals surface area contributed by atoms with Crippen LogP contribution in [0.3, 0.4) is 0 Å². The number of carbonyl (C=O) groups excluding carboxylic acids is 1. The second kappa shape index (κ2) is 7.16. The number of hydrogen-bond donors (Lipinski definition) is 0. The van der Waals surface area contributed by atoms with E-state index in [-0.39, 0.29) is 24.9 Å². The first-order chi connectivity index (χ1) is 12.1. The van der Waals surface area contributed by atoms with E-state index in [4.69, 9.17) is 4.52 Å². The molecule has 3 rings (SSSR count). The van der Waals surface area contributed by atoms with Crippen LogP contribution in [0, 0.1) is 0 Å². The minimum Gasteiger partial charge on any atom is -0.335 e. The number of aromatic nitrogens is 3. The molecular formula is C17H22FN5O2. The van der Waals surface area contributed by atoms with Gasteiger partial charge in [0, 0.05) is 37.6 Å². The van der Waals surface area contributed by atoms with Gasteiger partial charge in [0.2, 0.25) is 11.5 Å². The molecule has 8 heteroatoms. The monoisotopic (exact) mass is 347 g/mol. The number of alkyl halides is 1. The number of likely N-dealkylation sites (tertiary alicyclic amines) is 1. The van der Waals surface area contributed by atoms with Crippen LogP contribution in [-0.2, 0) is 5.67 Å². The summed E-state index contributed by atoms with van der Waals surface area (Å²) in [7, 11) is 0. The number of hydrogen-bond acceptors (Lipinski definition) is 5. The molecule has 0 saturated carbocycles. The van der Waals surface area contributed by atoms with Crippen molar-refractivity contribution >= 4 is 6.03 Å². The summed E-state index contributed by atoms with van der Waals surface area (Å²) >= 11 is 0. The zero-order chi connectivity index (χ0) is 17.9. The molecule has 0 aromatic carbocycles. The molecular weight excluding hydrogens is 325 g/mol. The second-order valence-electron chi connectivity index (χ2n) is 6.11. The summed E-state index contributed by atoms with van der Waals surface area (Å²) in [4.78, 5) is 23.9. The quantitative estimate of drug-likeness (QED) is 0.850. The highest BCUT2D eigenvalue weighted by molar-refractivity contribution is 5.74. The van der Waals surface area contributed by atoms with Gasteiger partial charge in [-0.15, -0.1) is 0 Å². The Morgan fingerprint density at radius 2 is 2.24 bits per heavy atom. The number of halogens is 1. The molecule has 1 saturated heterocycles. The Morgan fingerprint density at radius 1 is 1.44 bits per heavy atom. The predicted octanol–water partition coefficient (Wildman–Crippen LogP) is 2.85. The van der Waals surface area contributed by atoms with Crippen molar-refractivity contribution in [1.82, 2.24) is 24.9 Å². The van der Waals surface area contributed by atoms with Gasteiger partial charge in [-0.05, 0) is 38.8 Å². The third kappa shape index (κ3) is 3.47. The van der Waals surface area contributed by atoms with Crippen LogP contribution in [0.1, 0.15) is 32.6 Å². The van der Waals surface area contributed by atoms with Gasteiger partial charge in [-0.2, -0.15) is 4.98 Å². The maximum Gasteiger partial charge on any atom is 0.320 e. The smallest absolute Gasteiger partial charge is 0.320 e. The molecule has 0 radical (unpaired) electrons. The van der Waals surface area contributed by atoms with Gasteiger partial charge in [-0.1, -0.05) is 5.16 Å². The number of nitrogens with zero attached hydrogens (tertiary/aromatic N) is 5. The molecule has 1 unspecified atom stereocenters. The molecule has 25 heavy (non-hydrogen) atoms. The summed E-state index contributed by atoms with van der Waals surface area (Å²) < 4.78 is 20.7. The van der Waals surface area contributed by atoms with Crippen molar-refractivity contribution in [1.29, 1.82) is 0 Å². The lowest BCUT2D eigenvalue weighted by molar-refractivity contribution is 0.0236. The second-order valence-corrected chi connectivity index (χ2v) is 6.11. The molecule has 2 aromatic rings. The van der Waals surface area contributed by atoms with E-state index in [1.165, 1.54) is 4.90 Å². The third-order valence-corrected chi connectivity index (χ3v) is 4.48. The van der Waals surface area contributed by atoms with Gasteiger partial charge in [0.05, 0.1) is 6.54 Å². The van der Waals surface area contributed by atoms with E-state index in [9.17, 15) is 4.79 Å². The van der Waals surface area contributed by atoms with Gasteiger partial charge in [-0.3, -0.25) is 4.98 Å². The first kappa shape index (κ1) is 17.3. The van der Waals surface area contributed by atoms with E-state index in [2.05, 4.69) is 15.1 Å². The molecule has 2 aromatic heterocycles. The van der Waals surface area contributed by atoms with Crippen LogP contribution >= 0.6 is 0 Å². The van der Waals surface area contributed by atoms with Crippen molar-refractivity contribution in [2.24, 2.45) is 0 Å². The van der Waals surface area contributed by atoms with E-state index >= 15 is 4.39 Å². The average molecular weight is 347 g/mol. The first-order valence-electron chi connectivity index (χ1n) is 8.54. The highest BCUT2D eigenvalue weighted by atomic mass is 19.1. The molecule has 0 bridgehead atoms. The number of pyridine rings is 1. The number of amides is 2. The van der Waals surface area contributed by atoms with E-state index in [1.807, 2.05) is 13.8 Å². The largest absolute Gasteiger partial charge is 0.335 e. The van der Waals surface area contributed by atoms with Gasteiger partial charge >= 0.3 is 6.03 Å². The molecule has 1 atom stereocenters. The predicted molar refractivity (Wildman–Crippen MR) is 89.4 cm³/mol. The summed E-state index contributed by atoms with van der Waals surface area (Å²) in [5.74, 6) is 0.218. The fourth-order valence-electron chi connectivity index (χ4n) is 3.06. The molecule has 1 fully saturated rings. The van der Waals surface area contributed by atoms with E-state index in [0.29, 0.717) is 37.4 Å². The summed E-state index contributed by atoms with van der Waals surface area (Å²) in [5, 5.41) is 3.86. The van der Waals surface area contributed by atoms with E-state index in [0.717, 1.165) is 0 Å². The number of urea groups is 1. The average Bonchev–Trinajstić information content (AvgIpc) is 3.14. The molecule has 1 aliphatic rings. The maximum absolute atomic E-state index is 15.5. The van der Waals surface area contributed by atoms with Crippen LogP contribution in [0.2, 0.25) is 0 Å². The van der Waals surface area contributed by atoms with Crippen molar-refractivity contribution in [2.45, 2.75) is 32.4 Å². The SMILES string of the molecule is CCN(CC)C(=O)N1CCCC(F)(c2nc(-c3cccnc3)no2)C1. The van der Waals surface area contributed by atoms with Crippen LogP contribution in [0.4, 0.5) is 9.18 Å². The highest BCUT2D eigenvalue weighted by Gasteiger charge is 2.44. The van der Waals surface area contributed by atoms with Crippen molar-refractivity contribution in [2.75, 3.05) is 26.2 Å². The molecule has 7 nitrogen and oxygen atoms in total. The Balaban J connectivity index is 1.79. The van der Waals surface area contributed by atoms with Gasteiger partial charge in [-0.25, -0.2) is 9.18 Å². The summed E-state index contributed by atoms with van der Waals surface area (Å²) in [6, 6.07) is 3.38. The Kier molecular flexibility index (Phi) is 4.96. The number of rotatable bonds is 4. The lowest BCUT2D eigenvalue weighted by Gasteiger charge is -2.37. The van der Waals surface area contributed by atoms with Crippen molar-refractivity contribution in [3.05, 3.63) is 30.4 Å². The van der Waals surface area contributed by atoms with E-state index in [1.54, 1.807) is 29.4 Å². The lowest BCUT2D eigenvalue weighted by atomic mass is 9.94. The molecule has 1 aliphatic heterocycles. The molecule has 0 spiro atoms. The minimum atomic E-state index is -1.82. The fourth-order valence-corrected chi connectivity index (χ4v) is 3.06. The van der Waals surface area contributed by atoms with Crippen LogP contribution in [-0.4, -0.2) is 57.1 Å². The fraction of sp³-hybridized carbons (Fsp3) is 0.529.